The fraction of sp³-hybridized carbons (Fsp3) is 0.308. The molecule has 0 aliphatic heterocycles. The van der Waals surface area contributed by atoms with Gasteiger partial charge in [0.1, 0.15) is 5.41 Å². The van der Waals surface area contributed by atoms with Crippen molar-refractivity contribution in [2.45, 2.75) is 19.3 Å². The molecule has 0 radical (unpaired) electrons. The van der Waals surface area contributed by atoms with E-state index < -0.39 is 11.4 Å². The molecule has 0 aliphatic rings. The second-order valence-corrected chi connectivity index (χ2v) is 5.54. The highest BCUT2D eigenvalue weighted by Crippen LogP contribution is 2.29. The summed E-state index contributed by atoms with van der Waals surface area (Å²) in [6, 6.07) is 3.55. The number of nitrogens with one attached hydrogen (secondary N) is 1. The highest BCUT2D eigenvalue weighted by molar-refractivity contribution is 7.13. The lowest BCUT2D eigenvalue weighted by molar-refractivity contribution is -0.142. The van der Waals surface area contributed by atoms with Gasteiger partial charge >= 0.3 is 5.97 Å². The molecule has 2 rings (SSSR count). The number of pyridine rings is 1. The Balaban J connectivity index is 2.15. The number of rotatable bonds is 5. The van der Waals surface area contributed by atoms with Crippen LogP contribution in [0.5, 0.6) is 5.88 Å². The van der Waals surface area contributed by atoms with Crippen molar-refractivity contribution in [3.63, 3.8) is 0 Å². The first kappa shape index (κ1) is 14.3. The molecule has 0 atom stereocenters. The molecule has 0 aliphatic carbocycles. The second-order valence-electron chi connectivity index (χ2n) is 4.68. The van der Waals surface area contributed by atoms with Crippen LogP contribution >= 0.6 is 11.3 Å². The highest BCUT2D eigenvalue weighted by Gasteiger charge is 2.32. The fourth-order valence-corrected chi connectivity index (χ4v) is 2.32. The SMILES string of the molecule is COc1ccc(Nc2nc(C(C)(C)C(=O)O)cs2)cn1. The molecule has 0 unspecified atom stereocenters. The van der Waals surface area contributed by atoms with E-state index in [9.17, 15) is 9.90 Å². The number of thiazole rings is 1. The Bertz CT molecular complexity index is 608. The molecule has 106 valence electrons. The summed E-state index contributed by atoms with van der Waals surface area (Å²) in [5.41, 5.74) is 0.285. The highest BCUT2D eigenvalue weighted by atomic mass is 32.1. The summed E-state index contributed by atoms with van der Waals surface area (Å²) in [5, 5.41) is 14.6. The van der Waals surface area contributed by atoms with E-state index in [0.717, 1.165) is 5.69 Å². The summed E-state index contributed by atoms with van der Waals surface area (Å²) in [5.74, 6) is -0.372. The van der Waals surface area contributed by atoms with Crippen LogP contribution in [0.2, 0.25) is 0 Å². The number of carbonyl (C=O) groups is 1. The predicted octanol–water partition coefficient (Wildman–Crippen LogP) is 2.65. The van der Waals surface area contributed by atoms with E-state index in [0.29, 0.717) is 16.7 Å². The number of hydrogen-bond donors (Lipinski definition) is 2. The molecule has 2 N–H and O–H groups in total. The van der Waals surface area contributed by atoms with Crippen molar-refractivity contribution in [3.05, 3.63) is 29.4 Å². The summed E-state index contributed by atoms with van der Waals surface area (Å²) in [6.07, 6.45) is 1.63. The fourth-order valence-electron chi connectivity index (χ4n) is 1.43. The van der Waals surface area contributed by atoms with E-state index in [1.165, 1.54) is 11.3 Å². The van der Waals surface area contributed by atoms with Crippen molar-refractivity contribution in [1.29, 1.82) is 0 Å². The molecule has 0 bridgehead atoms. The molecule has 20 heavy (non-hydrogen) atoms. The minimum Gasteiger partial charge on any atom is -0.481 e. The van der Waals surface area contributed by atoms with Crippen molar-refractivity contribution in [2.24, 2.45) is 0 Å². The average molecular weight is 293 g/mol. The predicted molar refractivity (Wildman–Crippen MR) is 76.8 cm³/mol. The normalized spacial score (nSPS) is 11.2. The Morgan fingerprint density at radius 2 is 2.20 bits per heavy atom. The molecule has 0 amide bonds. The smallest absolute Gasteiger partial charge is 0.315 e. The molecule has 2 heterocycles. The van der Waals surface area contributed by atoms with Crippen LogP contribution in [0.4, 0.5) is 10.8 Å². The molecule has 2 aromatic rings. The molecule has 0 fully saturated rings. The van der Waals surface area contributed by atoms with Crippen molar-refractivity contribution in [1.82, 2.24) is 9.97 Å². The molecule has 7 heteroatoms. The van der Waals surface area contributed by atoms with Gasteiger partial charge < -0.3 is 15.2 Å². The maximum Gasteiger partial charge on any atom is 0.315 e. The maximum atomic E-state index is 11.2. The largest absolute Gasteiger partial charge is 0.481 e. The van der Waals surface area contributed by atoms with E-state index in [2.05, 4.69) is 15.3 Å². The number of nitrogens with zero attached hydrogens (tertiary/aromatic N) is 2. The third-order valence-corrected chi connectivity index (χ3v) is 3.63. The molecule has 0 saturated carbocycles. The van der Waals surface area contributed by atoms with Crippen LogP contribution in [0.3, 0.4) is 0 Å². The lowest BCUT2D eigenvalue weighted by atomic mass is 9.90. The van der Waals surface area contributed by atoms with Crippen LogP contribution in [0.1, 0.15) is 19.5 Å². The third-order valence-electron chi connectivity index (χ3n) is 2.88. The van der Waals surface area contributed by atoms with E-state index in [1.54, 1.807) is 38.6 Å². The topological polar surface area (TPSA) is 84.3 Å². The van der Waals surface area contributed by atoms with Gasteiger partial charge in [-0.05, 0) is 19.9 Å². The Morgan fingerprint density at radius 1 is 1.45 bits per heavy atom. The molecule has 0 aromatic carbocycles. The number of carboxylic acid groups (broad SMARTS) is 1. The van der Waals surface area contributed by atoms with Crippen LogP contribution in [-0.4, -0.2) is 28.2 Å². The van der Waals surface area contributed by atoms with Gasteiger partial charge in [0, 0.05) is 11.4 Å². The number of ether oxygens (including phenoxy) is 1. The van der Waals surface area contributed by atoms with Crippen LogP contribution < -0.4 is 10.1 Å². The Morgan fingerprint density at radius 3 is 2.75 bits per heavy atom. The van der Waals surface area contributed by atoms with Crippen molar-refractivity contribution in [2.75, 3.05) is 12.4 Å². The van der Waals surface area contributed by atoms with Gasteiger partial charge in [0.05, 0.1) is 24.7 Å². The van der Waals surface area contributed by atoms with Gasteiger partial charge in [-0.1, -0.05) is 0 Å². The number of aliphatic carboxylic acids is 1. The molecule has 2 aromatic heterocycles. The summed E-state index contributed by atoms with van der Waals surface area (Å²) in [7, 11) is 1.55. The van der Waals surface area contributed by atoms with Gasteiger partial charge in [-0.3, -0.25) is 4.79 Å². The number of carboxylic acids is 1. The Hall–Kier alpha value is -2.15. The van der Waals surface area contributed by atoms with Crippen LogP contribution in [0.15, 0.2) is 23.7 Å². The first-order valence-electron chi connectivity index (χ1n) is 5.90. The van der Waals surface area contributed by atoms with E-state index in [1.807, 2.05) is 6.07 Å². The average Bonchev–Trinajstić information content (AvgIpc) is 2.88. The molecule has 0 saturated heterocycles. The van der Waals surface area contributed by atoms with Crippen LogP contribution in [0.25, 0.3) is 0 Å². The number of hydrogen-bond acceptors (Lipinski definition) is 6. The summed E-state index contributed by atoms with van der Waals surface area (Å²) in [4.78, 5) is 19.6. The quantitative estimate of drug-likeness (QED) is 0.881. The van der Waals surface area contributed by atoms with Crippen molar-refractivity contribution in [3.8, 4) is 5.88 Å². The summed E-state index contributed by atoms with van der Waals surface area (Å²) < 4.78 is 4.98. The molecular formula is C13H15N3O3S. The van der Waals surface area contributed by atoms with Gasteiger partial charge in [-0.15, -0.1) is 11.3 Å². The van der Waals surface area contributed by atoms with Crippen molar-refractivity contribution >= 4 is 28.1 Å². The lowest BCUT2D eigenvalue weighted by Gasteiger charge is -2.15. The van der Waals surface area contributed by atoms with E-state index in [-0.39, 0.29) is 0 Å². The standard InChI is InChI=1S/C13H15N3O3S/c1-13(2,11(17)18)9-7-20-12(16-9)15-8-4-5-10(19-3)14-6-8/h4-7H,1-3H3,(H,15,16)(H,17,18). The zero-order valence-electron chi connectivity index (χ0n) is 11.4. The Kier molecular flexibility index (Phi) is 3.89. The third kappa shape index (κ3) is 2.88. The van der Waals surface area contributed by atoms with Gasteiger partial charge in [-0.25, -0.2) is 9.97 Å². The van der Waals surface area contributed by atoms with E-state index in [4.69, 9.17) is 4.74 Å². The van der Waals surface area contributed by atoms with Gasteiger partial charge in [0.25, 0.3) is 0 Å². The first-order chi connectivity index (χ1) is 9.43. The van der Waals surface area contributed by atoms with Gasteiger partial charge in [0.15, 0.2) is 5.13 Å². The minimum absolute atomic E-state index is 0.527. The summed E-state index contributed by atoms with van der Waals surface area (Å²) in [6.45, 7) is 3.26. The molecule has 0 spiro atoms. The molecular weight excluding hydrogens is 278 g/mol. The molecule has 6 nitrogen and oxygen atoms in total. The number of methoxy groups -OCH3 is 1. The monoisotopic (exact) mass is 293 g/mol. The zero-order chi connectivity index (χ0) is 14.8. The number of aromatic nitrogens is 2. The van der Waals surface area contributed by atoms with Crippen LogP contribution in [-0.2, 0) is 10.2 Å². The van der Waals surface area contributed by atoms with E-state index >= 15 is 0 Å². The van der Waals surface area contributed by atoms with Gasteiger partial charge in [0.2, 0.25) is 5.88 Å². The lowest BCUT2D eigenvalue weighted by Crippen LogP contribution is -2.28. The Labute approximate surface area is 120 Å². The summed E-state index contributed by atoms with van der Waals surface area (Å²) >= 11 is 1.35. The minimum atomic E-state index is -1.01. The first-order valence-corrected chi connectivity index (χ1v) is 6.78. The van der Waals surface area contributed by atoms with Crippen LogP contribution in [0, 0.1) is 0 Å². The maximum absolute atomic E-state index is 11.2. The second kappa shape index (κ2) is 5.46. The number of anilines is 2. The van der Waals surface area contributed by atoms with Gasteiger partial charge in [-0.2, -0.15) is 0 Å². The van der Waals surface area contributed by atoms with Crippen molar-refractivity contribution < 1.29 is 14.6 Å². The zero-order valence-corrected chi connectivity index (χ0v) is 12.2.